The Balaban J connectivity index is 2.34. The lowest BCUT2D eigenvalue weighted by Crippen LogP contribution is -2.37. The topological polar surface area (TPSA) is 21.3 Å². The van der Waals surface area contributed by atoms with E-state index in [1.807, 2.05) is 7.05 Å². The van der Waals surface area contributed by atoms with Crippen LogP contribution in [0.25, 0.3) is 0 Å². The summed E-state index contributed by atoms with van der Waals surface area (Å²) >= 11 is 0. The molecular weight excluding hydrogens is 162 g/mol. The lowest BCUT2D eigenvalue weighted by molar-refractivity contribution is 0.0321. The number of terminal acetylenes is 1. The van der Waals surface area contributed by atoms with Crippen LogP contribution in [0.3, 0.4) is 0 Å². The average molecular weight is 181 g/mol. The summed E-state index contributed by atoms with van der Waals surface area (Å²) in [6.07, 6.45) is 10.2. The second-order valence-electron chi connectivity index (χ2n) is 3.70. The van der Waals surface area contributed by atoms with E-state index in [9.17, 15) is 0 Å². The van der Waals surface area contributed by atoms with Gasteiger partial charge in [0, 0.05) is 12.5 Å². The summed E-state index contributed by atoms with van der Waals surface area (Å²) in [5, 5.41) is 3.28. The van der Waals surface area contributed by atoms with Gasteiger partial charge in [-0.1, -0.05) is 0 Å². The highest BCUT2D eigenvalue weighted by molar-refractivity contribution is 4.89. The third kappa shape index (κ3) is 3.02. The van der Waals surface area contributed by atoms with E-state index < -0.39 is 0 Å². The number of nitrogens with one attached hydrogen (secondary N) is 1. The van der Waals surface area contributed by atoms with E-state index >= 15 is 0 Å². The van der Waals surface area contributed by atoms with Gasteiger partial charge < -0.3 is 10.1 Å². The van der Waals surface area contributed by atoms with Gasteiger partial charge in [-0.25, -0.2) is 0 Å². The predicted octanol–water partition coefficient (Wildman–Crippen LogP) is 1.56. The first-order chi connectivity index (χ1) is 6.27. The molecule has 0 radical (unpaired) electrons. The van der Waals surface area contributed by atoms with Gasteiger partial charge in [0.15, 0.2) is 0 Å². The molecule has 2 heteroatoms. The van der Waals surface area contributed by atoms with Crippen LogP contribution < -0.4 is 5.32 Å². The van der Waals surface area contributed by atoms with Gasteiger partial charge in [-0.2, -0.15) is 0 Å². The molecule has 3 unspecified atom stereocenters. The minimum Gasteiger partial charge on any atom is -0.374 e. The Labute approximate surface area is 81.0 Å². The Kier molecular flexibility index (Phi) is 4.27. The van der Waals surface area contributed by atoms with Crippen molar-refractivity contribution in [3.05, 3.63) is 0 Å². The largest absolute Gasteiger partial charge is 0.374 e. The standard InChI is InChI=1S/C11H19NO/c1-4-5-6-10(12-3)11-8-7-9(2)13-11/h1,9-12H,5-8H2,2-3H3. The van der Waals surface area contributed by atoms with Crippen molar-refractivity contribution in [2.24, 2.45) is 0 Å². The van der Waals surface area contributed by atoms with Crippen LogP contribution in [0.15, 0.2) is 0 Å². The zero-order chi connectivity index (χ0) is 9.68. The number of hydrogen-bond donors (Lipinski definition) is 1. The first-order valence-electron chi connectivity index (χ1n) is 5.04. The van der Waals surface area contributed by atoms with Crippen LogP contribution in [0.2, 0.25) is 0 Å². The molecule has 1 rings (SSSR count). The van der Waals surface area contributed by atoms with Crippen LogP contribution in [0.4, 0.5) is 0 Å². The molecule has 74 valence electrons. The minimum absolute atomic E-state index is 0.369. The highest BCUT2D eigenvalue weighted by atomic mass is 16.5. The van der Waals surface area contributed by atoms with Gasteiger partial charge >= 0.3 is 0 Å². The fourth-order valence-electron chi connectivity index (χ4n) is 1.88. The summed E-state index contributed by atoms with van der Waals surface area (Å²) in [7, 11) is 1.98. The summed E-state index contributed by atoms with van der Waals surface area (Å²) in [4.78, 5) is 0. The maximum absolute atomic E-state index is 5.78. The van der Waals surface area contributed by atoms with Gasteiger partial charge in [-0.15, -0.1) is 12.3 Å². The zero-order valence-electron chi connectivity index (χ0n) is 8.55. The van der Waals surface area contributed by atoms with E-state index in [1.54, 1.807) is 0 Å². The molecule has 2 nitrogen and oxygen atoms in total. The number of likely N-dealkylation sites (N-methyl/N-ethyl adjacent to an activating group) is 1. The molecule has 3 atom stereocenters. The normalized spacial score (nSPS) is 29.9. The van der Waals surface area contributed by atoms with Gasteiger partial charge in [0.1, 0.15) is 0 Å². The molecule has 1 saturated heterocycles. The van der Waals surface area contributed by atoms with Crippen molar-refractivity contribution < 1.29 is 4.74 Å². The Morgan fingerprint density at radius 2 is 2.38 bits per heavy atom. The Morgan fingerprint density at radius 3 is 2.85 bits per heavy atom. The maximum atomic E-state index is 5.78. The molecule has 1 N–H and O–H groups in total. The SMILES string of the molecule is C#CCCC(NC)C1CCC(C)O1. The van der Waals surface area contributed by atoms with Crippen molar-refractivity contribution in [2.45, 2.75) is 50.9 Å². The molecule has 0 aromatic heterocycles. The fraction of sp³-hybridized carbons (Fsp3) is 0.818. The molecule has 0 aliphatic carbocycles. The Bertz CT molecular complexity index is 185. The Hall–Kier alpha value is -0.520. The quantitative estimate of drug-likeness (QED) is 0.664. The highest BCUT2D eigenvalue weighted by Crippen LogP contribution is 2.23. The first kappa shape index (κ1) is 10.6. The van der Waals surface area contributed by atoms with E-state index in [1.165, 1.54) is 6.42 Å². The molecule has 1 aliphatic rings. The van der Waals surface area contributed by atoms with Crippen molar-refractivity contribution in [1.29, 1.82) is 0 Å². The molecule has 0 aromatic carbocycles. The number of hydrogen-bond acceptors (Lipinski definition) is 2. The van der Waals surface area contributed by atoms with E-state index in [2.05, 4.69) is 18.2 Å². The van der Waals surface area contributed by atoms with Crippen LogP contribution >= 0.6 is 0 Å². The van der Waals surface area contributed by atoms with Gasteiger partial charge in [-0.3, -0.25) is 0 Å². The lowest BCUT2D eigenvalue weighted by atomic mass is 10.0. The van der Waals surface area contributed by atoms with E-state index in [4.69, 9.17) is 11.2 Å². The van der Waals surface area contributed by atoms with Gasteiger partial charge in [-0.05, 0) is 33.2 Å². The fourth-order valence-corrected chi connectivity index (χ4v) is 1.88. The highest BCUT2D eigenvalue weighted by Gasteiger charge is 2.27. The van der Waals surface area contributed by atoms with E-state index in [0.29, 0.717) is 18.2 Å². The maximum Gasteiger partial charge on any atom is 0.0732 e. The van der Waals surface area contributed by atoms with Crippen molar-refractivity contribution >= 4 is 0 Å². The molecule has 0 saturated carbocycles. The van der Waals surface area contributed by atoms with Crippen LogP contribution in [0, 0.1) is 12.3 Å². The monoisotopic (exact) mass is 181 g/mol. The Morgan fingerprint density at radius 1 is 1.62 bits per heavy atom. The molecule has 0 amide bonds. The second kappa shape index (κ2) is 5.26. The van der Waals surface area contributed by atoms with Crippen LogP contribution in [-0.4, -0.2) is 25.3 Å². The minimum atomic E-state index is 0.369. The van der Waals surface area contributed by atoms with Crippen LogP contribution in [0.1, 0.15) is 32.6 Å². The third-order valence-corrected chi connectivity index (χ3v) is 2.68. The molecule has 0 bridgehead atoms. The van der Waals surface area contributed by atoms with Crippen molar-refractivity contribution in [2.75, 3.05) is 7.05 Å². The molecule has 0 aromatic rings. The molecule has 1 heterocycles. The summed E-state index contributed by atoms with van der Waals surface area (Å²) in [5.41, 5.74) is 0. The summed E-state index contributed by atoms with van der Waals surface area (Å²) < 4.78 is 5.78. The second-order valence-corrected chi connectivity index (χ2v) is 3.70. The molecule has 0 spiro atoms. The van der Waals surface area contributed by atoms with Gasteiger partial charge in [0.05, 0.1) is 12.2 Å². The number of rotatable bonds is 4. The predicted molar refractivity (Wildman–Crippen MR) is 54.5 cm³/mol. The van der Waals surface area contributed by atoms with E-state index in [0.717, 1.165) is 19.3 Å². The summed E-state index contributed by atoms with van der Waals surface area (Å²) in [6, 6.07) is 0.431. The van der Waals surface area contributed by atoms with Crippen molar-refractivity contribution in [1.82, 2.24) is 5.32 Å². The van der Waals surface area contributed by atoms with E-state index in [-0.39, 0.29) is 0 Å². The first-order valence-corrected chi connectivity index (χ1v) is 5.04. The van der Waals surface area contributed by atoms with Crippen LogP contribution in [0.5, 0.6) is 0 Å². The average Bonchev–Trinajstić information content (AvgIpc) is 2.54. The lowest BCUT2D eigenvalue weighted by Gasteiger charge is -2.22. The number of ether oxygens (including phenoxy) is 1. The molecule has 13 heavy (non-hydrogen) atoms. The van der Waals surface area contributed by atoms with Gasteiger partial charge in [0.2, 0.25) is 0 Å². The van der Waals surface area contributed by atoms with Crippen molar-refractivity contribution in [3.63, 3.8) is 0 Å². The van der Waals surface area contributed by atoms with Crippen LogP contribution in [-0.2, 0) is 4.74 Å². The molecule has 1 fully saturated rings. The smallest absolute Gasteiger partial charge is 0.0732 e. The summed E-state index contributed by atoms with van der Waals surface area (Å²) in [5.74, 6) is 2.67. The van der Waals surface area contributed by atoms with Gasteiger partial charge in [0.25, 0.3) is 0 Å². The molecule has 1 aliphatic heterocycles. The zero-order valence-corrected chi connectivity index (χ0v) is 8.55. The van der Waals surface area contributed by atoms with Crippen molar-refractivity contribution in [3.8, 4) is 12.3 Å². The summed E-state index contributed by atoms with van der Waals surface area (Å²) in [6.45, 7) is 2.13. The third-order valence-electron chi connectivity index (χ3n) is 2.68. The molecular formula is C11H19NO.